The van der Waals surface area contributed by atoms with Crippen molar-refractivity contribution in [1.29, 1.82) is 0 Å². The normalized spacial score (nSPS) is 11.2. The number of nitrogens with zero attached hydrogens (tertiary/aromatic N) is 1. The molecule has 9 heteroatoms. The molecule has 0 atom stereocenters. The molecule has 0 aliphatic carbocycles. The quantitative estimate of drug-likeness (QED) is 0.627. The average molecular weight is 422 g/mol. The van der Waals surface area contributed by atoms with Crippen molar-refractivity contribution in [2.45, 2.75) is 18.2 Å². The molecular weight excluding hydrogens is 406 g/mol. The van der Waals surface area contributed by atoms with Crippen LogP contribution in [0.3, 0.4) is 0 Å². The number of carbonyl (C=O) groups excluding carboxylic acids is 1. The highest BCUT2D eigenvalue weighted by molar-refractivity contribution is 7.93. The lowest BCUT2D eigenvalue weighted by Gasteiger charge is -2.08. The van der Waals surface area contributed by atoms with Crippen molar-refractivity contribution in [3.63, 3.8) is 0 Å². The molecule has 1 heterocycles. The Morgan fingerprint density at radius 2 is 1.93 bits per heavy atom. The molecule has 1 amide bonds. The van der Waals surface area contributed by atoms with Crippen LogP contribution >= 0.6 is 22.9 Å². The maximum atomic E-state index is 12.3. The Balaban J connectivity index is 1.66. The van der Waals surface area contributed by atoms with E-state index < -0.39 is 10.0 Å². The van der Waals surface area contributed by atoms with Crippen LogP contribution in [0.1, 0.15) is 11.3 Å². The minimum atomic E-state index is -3.70. The van der Waals surface area contributed by atoms with E-state index in [0.29, 0.717) is 16.4 Å². The number of sulfonamides is 1. The van der Waals surface area contributed by atoms with Crippen LogP contribution in [0.15, 0.2) is 58.8 Å². The van der Waals surface area contributed by atoms with Crippen LogP contribution in [0.25, 0.3) is 0 Å². The summed E-state index contributed by atoms with van der Waals surface area (Å²) in [5, 5.41) is 5.17. The standard InChI is InChI=1S/C18H16ClN3O3S2/c1-12-7-8-13(19)9-16(12)21-17(23)10-14-11-26-18(20-14)22-27(24,25)15-5-3-2-4-6-15/h2-9,11H,10H2,1H3,(H,20,22)(H,21,23). The lowest BCUT2D eigenvalue weighted by Crippen LogP contribution is -2.16. The maximum Gasteiger partial charge on any atom is 0.263 e. The van der Waals surface area contributed by atoms with Crippen molar-refractivity contribution >= 4 is 49.7 Å². The van der Waals surface area contributed by atoms with Gasteiger partial charge < -0.3 is 5.32 Å². The second kappa shape index (κ2) is 8.08. The van der Waals surface area contributed by atoms with Crippen LogP contribution < -0.4 is 10.0 Å². The number of thiazole rings is 1. The largest absolute Gasteiger partial charge is 0.325 e. The molecule has 6 nitrogen and oxygen atoms in total. The summed E-state index contributed by atoms with van der Waals surface area (Å²) in [6, 6.07) is 13.3. The molecule has 0 aliphatic heterocycles. The van der Waals surface area contributed by atoms with E-state index in [9.17, 15) is 13.2 Å². The van der Waals surface area contributed by atoms with E-state index in [4.69, 9.17) is 11.6 Å². The minimum absolute atomic E-state index is 0.0233. The van der Waals surface area contributed by atoms with E-state index in [1.165, 1.54) is 12.1 Å². The van der Waals surface area contributed by atoms with Crippen molar-refractivity contribution in [2.75, 3.05) is 10.0 Å². The molecule has 3 aromatic rings. The summed E-state index contributed by atoms with van der Waals surface area (Å²) >= 11 is 7.07. The summed E-state index contributed by atoms with van der Waals surface area (Å²) in [5.41, 5.74) is 2.00. The Hall–Kier alpha value is -2.42. The summed E-state index contributed by atoms with van der Waals surface area (Å²) in [6.45, 7) is 1.87. The summed E-state index contributed by atoms with van der Waals surface area (Å²) in [5.74, 6) is -0.261. The molecule has 0 saturated heterocycles. The molecule has 140 valence electrons. The number of nitrogens with one attached hydrogen (secondary N) is 2. The van der Waals surface area contributed by atoms with Gasteiger partial charge in [0.05, 0.1) is 17.0 Å². The summed E-state index contributed by atoms with van der Waals surface area (Å²) in [6.07, 6.45) is 0.0233. The van der Waals surface area contributed by atoms with Crippen LogP contribution in [0.5, 0.6) is 0 Å². The first kappa shape index (κ1) is 19.3. The van der Waals surface area contributed by atoms with Crippen LogP contribution in [0, 0.1) is 6.92 Å². The van der Waals surface area contributed by atoms with Crippen LogP contribution in [-0.2, 0) is 21.2 Å². The number of carbonyl (C=O) groups is 1. The zero-order valence-electron chi connectivity index (χ0n) is 14.3. The van der Waals surface area contributed by atoms with Gasteiger partial charge in [-0.3, -0.25) is 9.52 Å². The van der Waals surface area contributed by atoms with Gasteiger partial charge in [-0.1, -0.05) is 35.9 Å². The third-order valence-corrected chi connectivity index (χ3v) is 6.17. The Morgan fingerprint density at radius 1 is 1.19 bits per heavy atom. The second-order valence-electron chi connectivity index (χ2n) is 5.75. The first-order valence-electron chi connectivity index (χ1n) is 7.92. The third-order valence-electron chi connectivity index (χ3n) is 3.64. The van der Waals surface area contributed by atoms with Crippen molar-refractivity contribution in [1.82, 2.24) is 4.98 Å². The number of aromatic nitrogens is 1. The van der Waals surface area contributed by atoms with Crippen molar-refractivity contribution in [2.24, 2.45) is 0 Å². The Labute approximate surface area is 166 Å². The number of halogens is 1. The van der Waals surface area contributed by atoms with Gasteiger partial charge in [-0.2, -0.15) is 0 Å². The number of benzene rings is 2. The van der Waals surface area contributed by atoms with E-state index in [1.54, 1.807) is 35.7 Å². The molecule has 0 unspecified atom stereocenters. The maximum absolute atomic E-state index is 12.3. The van der Waals surface area contributed by atoms with Gasteiger partial charge in [0.25, 0.3) is 10.0 Å². The van der Waals surface area contributed by atoms with Crippen molar-refractivity contribution < 1.29 is 13.2 Å². The van der Waals surface area contributed by atoms with Gasteiger partial charge in [-0.15, -0.1) is 11.3 Å². The first-order valence-corrected chi connectivity index (χ1v) is 10.7. The molecule has 3 rings (SSSR count). The highest BCUT2D eigenvalue weighted by atomic mass is 35.5. The van der Waals surface area contributed by atoms with Gasteiger partial charge in [0.2, 0.25) is 5.91 Å². The average Bonchev–Trinajstić information content (AvgIpc) is 3.05. The van der Waals surface area contributed by atoms with E-state index >= 15 is 0 Å². The monoisotopic (exact) mass is 421 g/mol. The van der Waals surface area contributed by atoms with E-state index in [2.05, 4.69) is 15.0 Å². The zero-order valence-corrected chi connectivity index (χ0v) is 16.7. The molecule has 1 aromatic heterocycles. The van der Waals surface area contributed by atoms with E-state index in [-0.39, 0.29) is 22.4 Å². The first-order chi connectivity index (χ1) is 12.8. The van der Waals surface area contributed by atoms with Crippen molar-refractivity contribution in [3.05, 3.63) is 70.2 Å². The highest BCUT2D eigenvalue weighted by Crippen LogP contribution is 2.22. The summed E-state index contributed by atoms with van der Waals surface area (Å²) in [4.78, 5) is 16.6. The van der Waals surface area contributed by atoms with Crippen LogP contribution in [0.2, 0.25) is 5.02 Å². The van der Waals surface area contributed by atoms with E-state index in [1.807, 2.05) is 13.0 Å². The predicted octanol–water partition coefficient (Wildman–Crippen LogP) is 4.09. The fourth-order valence-corrected chi connectivity index (χ4v) is 4.45. The number of rotatable bonds is 6. The number of hydrogen-bond acceptors (Lipinski definition) is 5. The lowest BCUT2D eigenvalue weighted by molar-refractivity contribution is -0.115. The molecule has 0 radical (unpaired) electrons. The van der Waals surface area contributed by atoms with Gasteiger partial charge in [-0.25, -0.2) is 13.4 Å². The molecule has 0 fully saturated rings. The molecular formula is C18H16ClN3O3S2. The van der Waals surface area contributed by atoms with Gasteiger partial charge in [0, 0.05) is 16.1 Å². The molecule has 0 spiro atoms. The molecule has 0 aliphatic rings. The van der Waals surface area contributed by atoms with Gasteiger partial charge in [0.1, 0.15) is 0 Å². The number of hydrogen-bond donors (Lipinski definition) is 2. The summed E-state index contributed by atoms with van der Waals surface area (Å²) in [7, 11) is -3.70. The molecule has 0 saturated carbocycles. The number of anilines is 2. The number of amides is 1. The van der Waals surface area contributed by atoms with Gasteiger partial charge >= 0.3 is 0 Å². The molecule has 2 aromatic carbocycles. The SMILES string of the molecule is Cc1ccc(Cl)cc1NC(=O)Cc1csc(NS(=O)(=O)c2ccccc2)n1. The minimum Gasteiger partial charge on any atom is -0.325 e. The Morgan fingerprint density at radius 3 is 2.67 bits per heavy atom. The predicted molar refractivity (Wildman–Crippen MR) is 108 cm³/mol. The fraction of sp³-hybridized carbons (Fsp3) is 0.111. The fourth-order valence-electron chi connectivity index (χ4n) is 2.30. The van der Waals surface area contributed by atoms with Gasteiger partial charge in [0.15, 0.2) is 5.13 Å². The van der Waals surface area contributed by atoms with Crippen LogP contribution in [0.4, 0.5) is 10.8 Å². The number of aryl methyl sites for hydroxylation is 1. The Bertz CT molecular complexity index is 1070. The zero-order chi connectivity index (χ0) is 19.4. The smallest absolute Gasteiger partial charge is 0.263 e. The van der Waals surface area contributed by atoms with Crippen molar-refractivity contribution in [3.8, 4) is 0 Å². The lowest BCUT2D eigenvalue weighted by atomic mass is 10.2. The third kappa shape index (κ3) is 5.06. The molecule has 27 heavy (non-hydrogen) atoms. The van der Waals surface area contributed by atoms with Gasteiger partial charge in [-0.05, 0) is 36.8 Å². The molecule has 2 N–H and O–H groups in total. The second-order valence-corrected chi connectivity index (χ2v) is 8.72. The van der Waals surface area contributed by atoms with Crippen LogP contribution in [-0.4, -0.2) is 19.3 Å². The molecule has 0 bridgehead atoms. The topological polar surface area (TPSA) is 88.2 Å². The van der Waals surface area contributed by atoms with E-state index in [0.717, 1.165) is 16.9 Å². The summed E-state index contributed by atoms with van der Waals surface area (Å²) < 4.78 is 27.0. The highest BCUT2D eigenvalue weighted by Gasteiger charge is 2.16. The Kier molecular flexibility index (Phi) is 5.79.